The van der Waals surface area contributed by atoms with Gasteiger partial charge in [0.2, 0.25) is 5.91 Å². The van der Waals surface area contributed by atoms with Crippen LogP contribution in [0.2, 0.25) is 5.02 Å². The Kier molecular flexibility index (Phi) is 4.84. The minimum atomic E-state index is -0.159. The fraction of sp³-hybridized carbons (Fsp3) is 0.238. The molecule has 3 nitrogen and oxygen atoms in total. The van der Waals surface area contributed by atoms with E-state index < -0.39 is 0 Å². The molecule has 0 fully saturated rings. The van der Waals surface area contributed by atoms with Gasteiger partial charge in [-0.25, -0.2) is 4.98 Å². The number of carbonyl (C=O) groups is 1. The smallest absolute Gasteiger partial charge is 0.243 e. The van der Waals surface area contributed by atoms with Gasteiger partial charge in [0.05, 0.1) is 12.1 Å². The van der Waals surface area contributed by atoms with E-state index in [-0.39, 0.29) is 11.8 Å². The number of benzene rings is 2. The first-order chi connectivity index (χ1) is 12.6. The van der Waals surface area contributed by atoms with Crippen LogP contribution >= 0.6 is 23.2 Å². The topological polar surface area (TPSA) is 33.2 Å². The zero-order chi connectivity index (χ0) is 18.1. The van der Waals surface area contributed by atoms with E-state index >= 15 is 0 Å². The average Bonchev–Trinajstić information content (AvgIpc) is 3.13. The lowest BCUT2D eigenvalue weighted by molar-refractivity contribution is -0.116. The van der Waals surface area contributed by atoms with Crippen molar-refractivity contribution >= 4 is 45.8 Å². The number of hydrogen-bond donors (Lipinski definition) is 0. The minimum Gasteiger partial charge on any atom is -0.291 e. The van der Waals surface area contributed by atoms with Crippen molar-refractivity contribution in [2.24, 2.45) is 0 Å². The lowest BCUT2D eigenvalue weighted by Gasteiger charge is -2.22. The van der Waals surface area contributed by atoms with Crippen LogP contribution in [0.25, 0.3) is 10.9 Å². The van der Waals surface area contributed by atoms with Gasteiger partial charge in [-0.3, -0.25) is 9.69 Å². The summed E-state index contributed by atoms with van der Waals surface area (Å²) in [4.78, 5) is 18.8. The molecule has 4 rings (SSSR count). The quantitative estimate of drug-likeness (QED) is 0.582. The number of amides is 1. The molecule has 0 unspecified atom stereocenters. The van der Waals surface area contributed by atoms with Gasteiger partial charge >= 0.3 is 0 Å². The van der Waals surface area contributed by atoms with E-state index in [9.17, 15) is 4.79 Å². The summed E-state index contributed by atoms with van der Waals surface area (Å²) < 4.78 is 0. The van der Waals surface area contributed by atoms with Crippen LogP contribution in [-0.4, -0.2) is 16.8 Å². The zero-order valence-electron chi connectivity index (χ0n) is 14.2. The molecule has 1 heterocycles. The summed E-state index contributed by atoms with van der Waals surface area (Å²) >= 11 is 11.9. The maximum absolute atomic E-state index is 12.5. The Hall–Kier alpha value is -2.10. The number of hydrogen-bond acceptors (Lipinski definition) is 2. The maximum Gasteiger partial charge on any atom is 0.243 e. The van der Waals surface area contributed by atoms with Crippen molar-refractivity contribution in [2.75, 3.05) is 10.8 Å². The number of halogens is 2. The Morgan fingerprint density at radius 3 is 2.73 bits per heavy atom. The van der Waals surface area contributed by atoms with Crippen LogP contribution in [0.5, 0.6) is 0 Å². The molecule has 1 aliphatic carbocycles. The van der Waals surface area contributed by atoms with Crippen molar-refractivity contribution < 1.29 is 4.79 Å². The Balaban J connectivity index is 1.68. The number of nitrogens with zero attached hydrogens (tertiary/aromatic N) is 2. The number of aromatic nitrogens is 1. The molecule has 2 aromatic carbocycles. The van der Waals surface area contributed by atoms with Crippen molar-refractivity contribution in [2.45, 2.75) is 25.8 Å². The largest absolute Gasteiger partial charge is 0.291 e. The normalized spacial score (nSPS) is 13.0. The van der Waals surface area contributed by atoms with Crippen LogP contribution < -0.4 is 4.90 Å². The van der Waals surface area contributed by atoms with Gasteiger partial charge in [-0.15, -0.1) is 11.6 Å². The molecule has 0 atom stereocenters. The molecular weight excluding hydrogens is 367 g/mol. The highest BCUT2D eigenvalue weighted by molar-refractivity contribution is 6.31. The molecule has 3 aromatic rings. The van der Waals surface area contributed by atoms with Crippen LogP contribution in [-0.2, 0) is 24.2 Å². The molecule has 0 N–H and O–H groups in total. The number of aryl methyl sites for hydroxylation is 2. The minimum absolute atomic E-state index is 0.0781. The second-order valence-corrected chi connectivity index (χ2v) is 7.28. The number of anilines is 1. The predicted octanol–water partition coefficient (Wildman–Crippen LogP) is 5.15. The van der Waals surface area contributed by atoms with E-state index in [1.807, 2.05) is 24.3 Å². The predicted molar refractivity (Wildman–Crippen MR) is 107 cm³/mol. The highest BCUT2D eigenvalue weighted by Crippen LogP contribution is 2.26. The molecule has 0 saturated heterocycles. The van der Waals surface area contributed by atoms with Gasteiger partial charge in [0, 0.05) is 10.4 Å². The van der Waals surface area contributed by atoms with E-state index in [2.05, 4.69) is 23.2 Å². The van der Waals surface area contributed by atoms with Crippen LogP contribution in [0.1, 0.15) is 23.1 Å². The summed E-state index contributed by atoms with van der Waals surface area (Å²) in [7, 11) is 0. The number of fused-ring (bicyclic) bond motifs is 2. The lowest BCUT2D eigenvalue weighted by Crippen LogP contribution is -2.32. The molecular formula is C21H18Cl2N2O. The van der Waals surface area contributed by atoms with Gasteiger partial charge in [-0.1, -0.05) is 29.8 Å². The van der Waals surface area contributed by atoms with Gasteiger partial charge in [0.15, 0.2) is 0 Å². The van der Waals surface area contributed by atoms with Crippen LogP contribution in [0.4, 0.5) is 5.82 Å². The maximum atomic E-state index is 12.5. The summed E-state index contributed by atoms with van der Waals surface area (Å²) in [6.45, 7) is 0.463. The Bertz CT molecular complexity index is 987. The van der Waals surface area contributed by atoms with Crippen molar-refractivity contribution in [3.05, 3.63) is 70.2 Å². The first kappa shape index (κ1) is 17.3. The molecule has 0 saturated carbocycles. The fourth-order valence-electron chi connectivity index (χ4n) is 3.51. The van der Waals surface area contributed by atoms with Crippen LogP contribution in [0.15, 0.2) is 48.5 Å². The monoisotopic (exact) mass is 384 g/mol. The molecule has 132 valence electrons. The SMILES string of the molecule is O=C(CCl)N(Cc1ccc2c(c1)CCC2)c1ccc2cc(Cl)ccc2n1. The number of carbonyl (C=O) groups excluding carboxylic acids is 1. The third-order valence-electron chi connectivity index (χ3n) is 4.83. The third-order valence-corrected chi connectivity index (χ3v) is 5.30. The summed E-state index contributed by atoms with van der Waals surface area (Å²) in [6, 6.07) is 15.8. The Morgan fingerprint density at radius 1 is 1.04 bits per heavy atom. The molecule has 5 heteroatoms. The molecule has 26 heavy (non-hydrogen) atoms. The van der Waals surface area contributed by atoms with E-state index in [0.29, 0.717) is 17.4 Å². The van der Waals surface area contributed by atoms with Crippen LogP contribution in [0, 0.1) is 0 Å². The number of rotatable bonds is 4. The van der Waals surface area contributed by atoms with Gasteiger partial charge in [0.25, 0.3) is 0 Å². The van der Waals surface area contributed by atoms with E-state index in [4.69, 9.17) is 23.2 Å². The lowest BCUT2D eigenvalue weighted by atomic mass is 10.1. The van der Waals surface area contributed by atoms with Gasteiger partial charge in [0.1, 0.15) is 11.7 Å². The first-order valence-corrected chi connectivity index (χ1v) is 9.58. The molecule has 1 amide bonds. The molecule has 0 aliphatic heterocycles. The van der Waals surface area contributed by atoms with Crippen molar-refractivity contribution in [1.29, 1.82) is 0 Å². The summed E-state index contributed by atoms with van der Waals surface area (Å²) in [5.74, 6) is 0.365. The highest BCUT2D eigenvalue weighted by Gasteiger charge is 2.18. The van der Waals surface area contributed by atoms with E-state index in [1.165, 1.54) is 17.5 Å². The first-order valence-electron chi connectivity index (χ1n) is 8.67. The van der Waals surface area contributed by atoms with Crippen molar-refractivity contribution in [1.82, 2.24) is 4.98 Å². The molecule has 1 aliphatic rings. The average molecular weight is 385 g/mol. The zero-order valence-corrected chi connectivity index (χ0v) is 15.7. The standard InChI is InChI=1S/C21H18Cl2N2O/c22-12-21(26)25(13-14-4-5-15-2-1-3-16(15)10-14)20-9-6-17-11-18(23)7-8-19(17)24-20/h4-11H,1-3,12-13H2. The molecule has 0 bridgehead atoms. The summed E-state index contributed by atoms with van der Waals surface area (Å²) in [6.07, 6.45) is 3.47. The summed E-state index contributed by atoms with van der Waals surface area (Å²) in [5.41, 5.74) is 4.71. The third kappa shape index (κ3) is 3.42. The Labute approximate surface area is 162 Å². The second kappa shape index (κ2) is 7.26. The summed E-state index contributed by atoms with van der Waals surface area (Å²) in [5, 5.41) is 1.61. The number of pyridine rings is 1. The van der Waals surface area contributed by atoms with E-state index in [0.717, 1.165) is 29.3 Å². The van der Waals surface area contributed by atoms with Gasteiger partial charge in [-0.2, -0.15) is 0 Å². The van der Waals surface area contributed by atoms with Crippen molar-refractivity contribution in [3.8, 4) is 0 Å². The second-order valence-electron chi connectivity index (χ2n) is 6.58. The Morgan fingerprint density at radius 2 is 1.88 bits per heavy atom. The van der Waals surface area contributed by atoms with Crippen LogP contribution in [0.3, 0.4) is 0 Å². The van der Waals surface area contributed by atoms with Gasteiger partial charge in [-0.05, 0) is 66.3 Å². The van der Waals surface area contributed by atoms with Crippen molar-refractivity contribution in [3.63, 3.8) is 0 Å². The highest BCUT2D eigenvalue weighted by atomic mass is 35.5. The van der Waals surface area contributed by atoms with E-state index in [1.54, 1.807) is 11.0 Å². The molecule has 0 spiro atoms. The molecule has 0 radical (unpaired) electrons. The fourth-order valence-corrected chi connectivity index (χ4v) is 3.84. The number of alkyl halides is 1. The van der Waals surface area contributed by atoms with Gasteiger partial charge < -0.3 is 0 Å². The molecule has 1 aromatic heterocycles.